The van der Waals surface area contributed by atoms with Gasteiger partial charge in [-0.25, -0.2) is 0 Å². The molecule has 1 fully saturated rings. The van der Waals surface area contributed by atoms with E-state index in [0.29, 0.717) is 12.5 Å². The first-order valence-corrected chi connectivity index (χ1v) is 6.83. The van der Waals surface area contributed by atoms with Gasteiger partial charge in [-0.15, -0.1) is 0 Å². The van der Waals surface area contributed by atoms with Crippen LogP contribution in [0.1, 0.15) is 44.9 Å². The molecule has 1 saturated carbocycles. The summed E-state index contributed by atoms with van der Waals surface area (Å²) in [6.07, 6.45) is 7.94. The molecule has 0 heterocycles. The first-order valence-electron chi connectivity index (χ1n) is 6.83. The zero-order chi connectivity index (χ0) is 12.5. The van der Waals surface area contributed by atoms with E-state index >= 15 is 0 Å². The molecule has 2 N–H and O–H groups in total. The summed E-state index contributed by atoms with van der Waals surface area (Å²) < 4.78 is 0. The molecule has 0 saturated heterocycles. The van der Waals surface area contributed by atoms with Crippen LogP contribution in [-0.2, 0) is 4.79 Å². The van der Waals surface area contributed by atoms with E-state index in [9.17, 15) is 4.79 Å². The highest BCUT2D eigenvalue weighted by atomic mass is 16.3. The van der Waals surface area contributed by atoms with Crippen molar-refractivity contribution in [1.29, 1.82) is 0 Å². The Balaban J connectivity index is 2.28. The first kappa shape index (κ1) is 14.5. The van der Waals surface area contributed by atoms with E-state index < -0.39 is 0 Å². The molecule has 0 unspecified atom stereocenters. The molecule has 17 heavy (non-hydrogen) atoms. The highest BCUT2D eigenvalue weighted by Gasteiger charge is 2.20. The minimum absolute atomic E-state index is 0.109. The quantitative estimate of drug-likeness (QED) is 0.704. The lowest BCUT2D eigenvalue weighted by molar-refractivity contribution is -0.120. The molecule has 1 aliphatic carbocycles. The second-order valence-corrected chi connectivity index (χ2v) is 4.83. The lowest BCUT2D eigenvalue weighted by atomic mass is 9.94. The monoisotopic (exact) mass is 242 g/mol. The Hall–Kier alpha value is -0.610. The highest BCUT2D eigenvalue weighted by Crippen LogP contribution is 2.22. The Kier molecular flexibility index (Phi) is 7.21. The molecule has 0 atom stereocenters. The summed E-state index contributed by atoms with van der Waals surface area (Å²) in [4.78, 5) is 13.5. The van der Waals surface area contributed by atoms with Crippen molar-refractivity contribution in [3.05, 3.63) is 0 Å². The number of carbonyl (C=O) groups excluding carboxylic acids is 1. The fourth-order valence-corrected chi connectivity index (χ4v) is 2.62. The van der Waals surface area contributed by atoms with Gasteiger partial charge in [-0.1, -0.05) is 19.3 Å². The molecule has 0 radical (unpaired) electrons. The molecular weight excluding hydrogens is 216 g/mol. The predicted octanol–water partition coefficient (Wildman–Crippen LogP) is 1.14. The fourth-order valence-electron chi connectivity index (χ4n) is 2.62. The number of nitrogens with zero attached hydrogens (tertiary/aromatic N) is 1. The lowest BCUT2D eigenvalue weighted by Crippen LogP contribution is -2.39. The van der Waals surface area contributed by atoms with Crippen LogP contribution in [0.2, 0.25) is 0 Å². The van der Waals surface area contributed by atoms with Crippen LogP contribution in [0.5, 0.6) is 0 Å². The van der Waals surface area contributed by atoms with E-state index in [4.69, 9.17) is 5.11 Å². The van der Waals surface area contributed by atoms with Crippen molar-refractivity contribution in [2.75, 3.05) is 26.7 Å². The van der Waals surface area contributed by atoms with Gasteiger partial charge >= 0.3 is 0 Å². The minimum atomic E-state index is 0.109. The zero-order valence-electron chi connectivity index (χ0n) is 11.0. The van der Waals surface area contributed by atoms with E-state index in [2.05, 4.69) is 10.2 Å². The van der Waals surface area contributed by atoms with Crippen molar-refractivity contribution in [3.8, 4) is 0 Å². The normalized spacial score (nSPS) is 17.4. The van der Waals surface area contributed by atoms with Crippen LogP contribution in [-0.4, -0.2) is 48.7 Å². The highest BCUT2D eigenvalue weighted by molar-refractivity contribution is 5.75. The number of aliphatic hydroxyl groups is 1. The maximum atomic E-state index is 11.1. The van der Waals surface area contributed by atoms with Crippen LogP contribution in [0.4, 0.5) is 0 Å². The molecule has 4 heteroatoms. The number of nitrogens with one attached hydrogen (secondary N) is 1. The number of carbonyl (C=O) groups is 1. The van der Waals surface area contributed by atoms with Gasteiger partial charge in [-0.3, -0.25) is 9.69 Å². The van der Waals surface area contributed by atoms with Gasteiger partial charge in [0.15, 0.2) is 0 Å². The van der Waals surface area contributed by atoms with E-state index in [1.165, 1.54) is 32.1 Å². The number of rotatable bonds is 7. The summed E-state index contributed by atoms with van der Waals surface area (Å²) in [7, 11) is 1.68. The summed E-state index contributed by atoms with van der Waals surface area (Å²) in [6.45, 7) is 1.90. The first-order chi connectivity index (χ1) is 8.27. The summed E-state index contributed by atoms with van der Waals surface area (Å²) in [5.41, 5.74) is 0. The van der Waals surface area contributed by atoms with E-state index in [-0.39, 0.29) is 12.5 Å². The smallest absolute Gasteiger partial charge is 0.219 e. The van der Waals surface area contributed by atoms with E-state index in [0.717, 1.165) is 19.5 Å². The zero-order valence-corrected chi connectivity index (χ0v) is 11.0. The topological polar surface area (TPSA) is 52.6 Å². The standard InChI is InChI=1S/C13H26N2O2/c1-14-13(17)8-5-9-15(10-11-16)12-6-3-2-4-7-12/h12,16H,2-11H2,1H3,(H,14,17). The van der Waals surface area contributed by atoms with Gasteiger partial charge in [0.1, 0.15) is 0 Å². The predicted molar refractivity (Wildman–Crippen MR) is 68.8 cm³/mol. The van der Waals surface area contributed by atoms with E-state index in [1.807, 2.05) is 0 Å². The van der Waals surface area contributed by atoms with Crippen LogP contribution in [0.3, 0.4) is 0 Å². The van der Waals surface area contributed by atoms with Crippen LogP contribution < -0.4 is 5.32 Å². The molecule has 0 spiro atoms. The molecule has 1 amide bonds. The molecular formula is C13H26N2O2. The lowest BCUT2D eigenvalue weighted by Gasteiger charge is -2.33. The summed E-state index contributed by atoms with van der Waals surface area (Å²) in [5, 5.41) is 11.7. The SMILES string of the molecule is CNC(=O)CCCN(CCO)C1CCCCC1. The third-order valence-corrected chi connectivity index (χ3v) is 3.61. The number of aliphatic hydroxyl groups excluding tert-OH is 1. The number of amides is 1. The molecule has 100 valence electrons. The van der Waals surface area contributed by atoms with Gasteiger partial charge in [-0.05, 0) is 25.8 Å². The van der Waals surface area contributed by atoms with Crippen molar-refractivity contribution >= 4 is 5.91 Å². The molecule has 0 aliphatic heterocycles. The average Bonchev–Trinajstić information content (AvgIpc) is 2.38. The van der Waals surface area contributed by atoms with Crippen LogP contribution >= 0.6 is 0 Å². The summed E-state index contributed by atoms with van der Waals surface area (Å²) in [5.74, 6) is 0.109. The Labute approximate surface area is 104 Å². The van der Waals surface area contributed by atoms with Crippen LogP contribution in [0.25, 0.3) is 0 Å². The van der Waals surface area contributed by atoms with Gasteiger partial charge in [0.25, 0.3) is 0 Å². The van der Waals surface area contributed by atoms with Crippen LogP contribution in [0.15, 0.2) is 0 Å². The number of hydrogen-bond donors (Lipinski definition) is 2. The molecule has 1 aliphatic rings. The average molecular weight is 242 g/mol. The fraction of sp³-hybridized carbons (Fsp3) is 0.923. The Morgan fingerprint density at radius 3 is 2.59 bits per heavy atom. The molecule has 4 nitrogen and oxygen atoms in total. The van der Waals surface area contributed by atoms with Gasteiger partial charge < -0.3 is 10.4 Å². The van der Waals surface area contributed by atoms with Crippen LogP contribution in [0, 0.1) is 0 Å². The molecule has 0 aromatic rings. The van der Waals surface area contributed by atoms with Gasteiger partial charge in [0.05, 0.1) is 6.61 Å². The molecule has 0 aromatic heterocycles. The van der Waals surface area contributed by atoms with E-state index in [1.54, 1.807) is 7.05 Å². The molecule has 0 aromatic carbocycles. The number of hydrogen-bond acceptors (Lipinski definition) is 3. The van der Waals surface area contributed by atoms with Gasteiger partial charge in [0.2, 0.25) is 5.91 Å². The van der Waals surface area contributed by atoms with Crippen molar-refractivity contribution in [2.45, 2.75) is 51.0 Å². The third kappa shape index (κ3) is 5.50. The third-order valence-electron chi connectivity index (χ3n) is 3.61. The Bertz CT molecular complexity index is 215. The molecule has 1 rings (SSSR count). The van der Waals surface area contributed by atoms with Crippen molar-refractivity contribution in [2.24, 2.45) is 0 Å². The minimum Gasteiger partial charge on any atom is -0.395 e. The van der Waals surface area contributed by atoms with Crippen molar-refractivity contribution < 1.29 is 9.90 Å². The van der Waals surface area contributed by atoms with Gasteiger partial charge in [0, 0.05) is 26.1 Å². The van der Waals surface area contributed by atoms with Gasteiger partial charge in [-0.2, -0.15) is 0 Å². The maximum absolute atomic E-state index is 11.1. The Morgan fingerprint density at radius 2 is 2.00 bits per heavy atom. The largest absolute Gasteiger partial charge is 0.395 e. The second kappa shape index (κ2) is 8.48. The van der Waals surface area contributed by atoms with Crippen molar-refractivity contribution in [3.63, 3.8) is 0 Å². The Morgan fingerprint density at radius 1 is 1.29 bits per heavy atom. The van der Waals surface area contributed by atoms with Crippen molar-refractivity contribution in [1.82, 2.24) is 10.2 Å². The molecule has 0 bridgehead atoms. The second-order valence-electron chi connectivity index (χ2n) is 4.83. The maximum Gasteiger partial charge on any atom is 0.219 e. The summed E-state index contributed by atoms with van der Waals surface area (Å²) in [6, 6.07) is 0.626. The summed E-state index contributed by atoms with van der Waals surface area (Å²) >= 11 is 0.